The summed E-state index contributed by atoms with van der Waals surface area (Å²) in [6.07, 6.45) is 0.908. The van der Waals surface area contributed by atoms with Crippen molar-refractivity contribution < 1.29 is 0 Å². The average Bonchev–Trinajstić information content (AvgIpc) is 2.39. The molecule has 2 nitrogen and oxygen atoms in total. The monoisotopic (exact) mass is 254 g/mol. The topological polar surface area (TPSA) is 36.7 Å². The minimum Gasteiger partial charge on any atom is -0.234 e. The van der Waals surface area contributed by atoms with Crippen molar-refractivity contribution in [2.45, 2.75) is 19.3 Å². The van der Waals surface area contributed by atoms with Crippen LogP contribution in [0.4, 0.5) is 0 Å². The van der Waals surface area contributed by atoms with Gasteiger partial charge in [0.25, 0.3) is 0 Å². The van der Waals surface area contributed by atoms with E-state index in [2.05, 4.69) is 30.1 Å². The van der Waals surface area contributed by atoms with Crippen molar-refractivity contribution in [3.63, 3.8) is 0 Å². The molecule has 88 valence electrons. The Balaban J connectivity index is 2.29. The summed E-state index contributed by atoms with van der Waals surface area (Å²) in [7, 11) is 0. The molecule has 1 unspecified atom stereocenters. The van der Waals surface area contributed by atoms with Gasteiger partial charge in [0.2, 0.25) is 0 Å². The van der Waals surface area contributed by atoms with Gasteiger partial charge in [-0.1, -0.05) is 42.8 Å². The molecule has 0 bridgehead atoms. The van der Waals surface area contributed by atoms with E-state index in [0.29, 0.717) is 16.6 Å². The van der Waals surface area contributed by atoms with E-state index < -0.39 is 0 Å². The molecule has 1 aromatic carbocycles. The molecule has 1 heterocycles. The molecule has 0 radical (unpaired) electrons. The second-order valence-electron chi connectivity index (χ2n) is 4.64. The van der Waals surface area contributed by atoms with Crippen LogP contribution in [-0.4, -0.2) is 4.98 Å². The third kappa shape index (κ3) is 1.60. The van der Waals surface area contributed by atoms with Crippen LogP contribution in [0.2, 0.25) is 5.15 Å². The first-order valence-corrected chi connectivity index (χ1v) is 6.27. The predicted octanol–water partition coefficient (Wildman–Crippen LogP) is 3.93. The highest BCUT2D eigenvalue weighted by Gasteiger charge is 2.23. The maximum atomic E-state index is 9.01. The van der Waals surface area contributed by atoms with Crippen molar-refractivity contribution in [3.05, 3.63) is 52.2 Å². The SMILES string of the molecule is CC1Cc2cc(C#N)c(Cl)nc2-c2ccccc21. The summed E-state index contributed by atoms with van der Waals surface area (Å²) in [6.45, 7) is 2.20. The van der Waals surface area contributed by atoms with Crippen molar-refractivity contribution in [1.82, 2.24) is 4.98 Å². The third-order valence-electron chi connectivity index (χ3n) is 3.45. The largest absolute Gasteiger partial charge is 0.234 e. The standard InChI is InChI=1S/C15H11ClN2/c1-9-6-10-7-11(8-17)15(16)18-14(10)13-5-3-2-4-12(9)13/h2-5,7,9H,6H2,1H3. The lowest BCUT2D eigenvalue weighted by atomic mass is 9.82. The lowest BCUT2D eigenvalue weighted by Gasteiger charge is -2.24. The molecular formula is C15H11ClN2. The van der Waals surface area contributed by atoms with E-state index in [4.69, 9.17) is 16.9 Å². The van der Waals surface area contributed by atoms with Gasteiger partial charge in [-0.2, -0.15) is 5.26 Å². The minimum absolute atomic E-state index is 0.292. The predicted molar refractivity (Wildman–Crippen MR) is 71.5 cm³/mol. The molecule has 18 heavy (non-hydrogen) atoms. The van der Waals surface area contributed by atoms with E-state index in [0.717, 1.165) is 23.2 Å². The number of hydrogen-bond donors (Lipinski definition) is 0. The van der Waals surface area contributed by atoms with Crippen LogP contribution in [-0.2, 0) is 6.42 Å². The molecule has 0 saturated carbocycles. The summed E-state index contributed by atoms with van der Waals surface area (Å²) in [6, 6.07) is 12.2. The normalized spacial score (nSPS) is 16.6. The van der Waals surface area contributed by atoms with E-state index in [1.54, 1.807) is 0 Å². The molecule has 0 spiro atoms. The number of benzene rings is 1. The number of rotatable bonds is 0. The number of halogens is 1. The summed E-state index contributed by atoms with van der Waals surface area (Å²) in [5, 5.41) is 9.30. The molecule has 0 fully saturated rings. The lowest BCUT2D eigenvalue weighted by Crippen LogP contribution is -2.10. The van der Waals surface area contributed by atoms with Gasteiger partial charge >= 0.3 is 0 Å². The van der Waals surface area contributed by atoms with Crippen molar-refractivity contribution in [2.75, 3.05) is 0 Å². The van der Waals surface area contributed by atoms with Gasteiger partial charge in [-0.15, -0.1) is 0 Å². The Labute approximate surface area is 111 Å². The molecule has 1 aliphatic carbocycles. The quantitative estimate of drug-likeness (QED) is 0.668. The summed E-state index contributed by atoms with van der Waals surface area (Å²) in [4.78, 5) is 4.40. The van der Waals surface area contributed by atoms with Gasteiger partial charge in [0.05, 0.1) is 11.3 Å². The summed E-state index contributed by atoms with van der Waals surface area (Å²) >= 11 is 6.03. The van der Waals surface area contributed by atoms with Gasteiger partial charge in [-0.05, 0) is 29.5 Å². The van der Waals surface area contributed by atoms with E-state index in [1.165, 1.54) is 5.56 Å². The average molecular weight is 255 g/mol. The Hall–Kier alpha value is -1.85. The van der Waals surface area contributed by atoms with Gasteiger partial charge in [-0.25, -0.2) is 4.98 Å². The van der Waals surface area contributed by atoms with Crippen molar-refractivity contribution in [3.8, 4) is 17.3 Å². The van der Waals surface area contributed by atoms with E-state index in [9.17, 15) is 0 Å². The fraction of sp³-hybridized carbons (Fsp3) is 0.200. The van der Waals surface area contributed by atoms with Gasteiger partial charge in [0, 0.05) is 5.56 Å². The maximum absolute atomic E-state index is 9.01. The van der Waals surface area contributed by atoms with Crippen LogP contribution < -0.4 is 0 Å². The van der Waals surface area contributed by atoms with Crippen molar-refractivity contribution in [1.29, 1.82) is 5.26 Å². The fourth-order valence-electron chi connectivity index (χ4n) is 2.58. The van der Waals surface area contributed by atoms with Crippen LogP contribution in [0.1, 0.15) is 29.5 Å². The highest BCUT2D eigenvalue weighted by Crippen LogP contribution is 2.39. The number of fused-ring (bicyclic) bond motifs is 3. The Morgan fingerprint density at radius 2 is 2.17 bits per heavy atom. The highest BCUT2D eigenvalue weighted by molar-refractivity contribution is 6.30. The Bertz CT molecular complexity index is 671. The molecule has 0 aliphatic heterocycles. The van der Waals surface area contributed by atoms with Crippen LogP contribution in [0, 0.1) is 11.3 Å². The Morgan fingerprint density at radius 3 is 2.94 bits per heavy atom. The smallest absolute Gasteiger partial charge is 0.147 e. The molecule has 1 aromatic heterocycles. The van der Waals surface area contributed by atoms with Crippen LogP contribution in [0.25, 0.3) is 11.3 Å². The number of nitrogens with zero attached hydrogens (tertiary/aromatic N) is 2. The Morgan fingerprint density at radius 1 is 1.39 bits per heavy atom. The van der Waals surface area contributed by atoms with Crippen LogP contribution in [0.3, 0.4) is 0 Å². The van der Waals surface area contributed by atoms with Gasteiger partial charge in [0.1, 0.15) is 11.2 Å². The molecular weight excluding hydrogens is 244 g/mol. The van der Waals surface area contributed by atoms with E-state index in [1.807, 2.05) is 18.2 Å². The van der Waals surface area contributed by atoms with Crippen LogP contribution >= 0.6 is 11.6 Å². The molecule has 0 N–H and O–H groups in total. The van der Waals surface area contributed by atoms with Gasteiger partial charge in [-0.3, -0.25) is 0 Å². The van der Waals surface area contributed by atoms with Gasteiger partial charge in [0.15, 0.2) is 0 Å². The third-order valence-corrected chi connectivity index (χ3v) is 3.74. The number of nitriles is 1. The van der Waals surface area contributed by atoms with Crippen LogP contribution in [0.5, 0.6) is 0 Å². The summed E-state index contributed by atoms with van der Waals surface area (Å²) < 4.78 is 0. The van der Waals surface area contributed by atoms with E-state index in [-0.39, 0.29) is 0 Å². The van der Waals surface area contributed by atoms with Crippen molar-refractivity contribution in [2.24, 2.45) is 0 Å². The van der Waals surface area contributed by atoms with Crippen molar-refractivity contribution >= 4 is 11.6 Å². The minimum atomic E-state index is 0.292. The number of pyridine rings is 1. The molecule has 0 amide bonds. The maximum Gasteiger partial charge on any atom is 0.147 e. The second-order valence-corrected chi connectivity index (χ2v) is 5.00. The molecule has 1 aliphatic rings. The first-order valence-electron chi connectivity index (χ1n) is 5.89. The van der Waals surface area contributed by atoms with Crippen LogP contribution in [0.15, 0.2) is 30.3 Å². The van der Waals surface area contributed by atoms with E-state index >= 15 is 0 Å². The zero-order chi connectivity index (χ0) is 12.7. The number of aromatic nitrogens is 1. The summed E-state index contributed by atoms with van der Waals surface area (Å²) in [5.74, 6) is 0.447. The van der Waals surface area contributed by atoms with Gasteiger partial charge < -0.3 is 0 Å². The highest BCUT2D eigenvalue weighted by atomic mass is 35.5. The molecule has 3 rings (SSSR count). The fourth-order valence-corrected chi connectivity index (χ4v) is 2.76. The first kappa shape index (κ1) is 11.3. The molecule has 0 saturated heterocycles. The zero-order valence-corrected chi connectivity index (χ0v) is 10.7. The lowest BCUT2D eigenvalue weighted by molar-refractivity contribution is 0.744. The molecule has 1 atom stereocenters. The number of hydrogen-bond acceptors (Lipinski definition) is 2. The zero-order valence-electron chi connectivity index (χ0n) is 9.94. The Kier molecular flexibility index (Phi) is 2.57. The molecule has 2 aromatic rings. The second kappa shape index (κ2) is 4.12. The molecule has 3 heteroatoms. The summed E-state index contributed by atoms with van der Waals surface area (Å²) in [5.41, 5.74) is 4.94. The first-order chi connectivity index (χ1) is 8.70.